The first kappa shape index (κ1) is 16.0. The van der Waals surface area contributed by atoms with Crippen LogP contribution in [0.3, 0.4) is 0 Å². The normalized spacial score (nSPS) is 30.9. The van der Waals surface area contributed by atoms with Crippen molar-refractivity contribution in [1.29, 1.82) is 0 Å². The lowest BCUT2D eigenvalue weighted by Gasteiger charge is -2.45. The summed E-state index contributed by atoms with van der Waals surface area (Å²) in [5, 5.41) is 3.14. The summed E-state index contributed by atoms with van der Waals surface area (Å²) in [5.41, 5.74) is 6.23. The molecule has 2 aliphatic rings. The van der Waals surface area contributed by atoms with Crippen molar-refractivity contribution in [1.82, 2.24) is 5.32 Å². The third-order valence-electron chi connectivity index (χ3n) is 4.93. The van der Waals surface area contributed by atoms with Gasteiger partial charge in [-0.05, 0) is 49.7 Å². The molecule has 2 atom stereocenters. The van der Waals surface area contributed by atoms with Gasteiger partial charge >= 0.3 is 0 Å². The number of halogens is 3. The molecule has 0 aliphatic heterocycles. The Morgan fingerprint density at radius 2 is 1.82 bits per heavy atom. The average molecular weight is 345 g/mol. The molecule has 0 heterocycles. The Morgan fingerprint density at radius 3 is 2.45 bits per heavy atom. The lowest BCUT2D eigenvalue weighted by atomic mass is 9.67. The number of nitrogens with one attached hydrogen (secondary N) is 1. The van der Waals surface area contributed by atoms with E-state index in [2.05, 4.69) is 5.32 Å². The summed E-state index contributed by atoms with van der Waals surface area (Å²) in [6.07, 6.45) is 5.22. The lowest BCUT2D eigenvalue weighted by Crippen LogP contribution is -2.53. The highest BCUT2D eigenvalue weighted by molar-refractivity contribution is 6.36. The first-order valence-electron chi connectivity index (χ1n) is 7.66. The lowest BCUT2D eigenvalue weighted by molar-refractivity contribution is 0.0756. The van der Waals surface area contributed by atoms with Crippen molar-refractivity contribution in [2.75, 3.05) is 0 Å². The molecule has 0 saturated heterocycles. The molecule has 0 radical (unpaired) electrons. The zero-order valence-corrected chi connectivity index (χ0v) is 13.6. The van der Waals surface area contributed by atoms with Gasteiger partial charge in [0.05, 0.1) is 15.6 Å². The number of benzene rings is 1. The van der Waals surface area contributed by atoms with Gasteiger partial charge in [-0.3, -0.25) is 4.79 Å². The number of nitrogens with two attached hydrogens (primary N) is 1. The Kier molecular flexibility index (Phi) is 4.62. The molecular formula is C16H19Cl2FN2O. The topological polar surface area (TPSA) is 55.1 Å². The van der Waals surface area contributed by atoms with E-state index in [4.69, 9.17) is 28.9 Å². The van der Waals surface area contributed by atoms with Gasteiger partial charge < -0.3 is 11.1 Å². The summed E-state index contributed by atoms with van der Waals surface area (Å²) >= 11 is 11.7. The van der Waals surface area contributed by atoms with Crippen LogP contribution in [0.15, 0.2) is 12.1 Å². The largest absolute Gasteiger partial charge is 0.349 e. The van der Waals surface area contributed by atoms with Gasteiger partial charge in [0.15, 0.2) is 0 Å². The molecule has 2 saturated carbocycles. The van der Waals surface area contributed by atoms with Crippen LogP contribution in [0, 0.1) is 17.7 Å². The third kappa shape index (κ3) is 3.10. The van der Waals surface area contributed by atoms with Gasteiger partial charge in [0, 0.05) is 12.1 Å². The molecule has 2 bridgehead atoms. The van der Waals surface area contributed by atoms with E-state index in [-0.39, 0.29) is 33.6 Å². The van der Waals surface area contributed by atoms with Crippen molar-refractivity contribution in [3.8, 4) is 0 Å². The fourth-order valence-electron chi connectivity index (χ4n) is 3.95. The van der Waals surface area contributed by atoms with Crippen molar-refractivity contribution < 1.29 is 9.18 Å². The Hall–Kier alpha value is -0.840. The van der Waals surface area contributed by atoms with Gasteiger partial charge in [-0.2, -0.15) is 0 Å². The number of hydrogen-bond acceptors (Lipinski definition) is 2. The predicted octanol–water partition coefficient (Wildman–Crippen LogP) is 3.77. The number of amides is 1. The van der Waals surface area contributed by atoms with Crippen LogP contribution in [-0.4, -0.2) is 18.0 Å². The minimum Gasteiger partial charge on any atom is -0.349 e. The monoisotopic (exact) mass is 344 g/mol. The molecule has 2 unspecified atom stereocenters. The smallest absolute Gasteiger partial charge is 0.253 e. The fraction of sp³-hybridized carbons (Fsp3) is 0.562. The van der Waals surface area contributed by atoms with Gasteiger partial charge in [0.2, 0.25) is 0 Å². The molecule has 6 heteroatoms. The zero-order chi connectivity index (χ0) is 15.9. The van der Waals surface area contributed by atoms with Gasteiger partial charge in [0.1, 0.15) is 5.82 Å². The van der Waals surface area contributed by atoms with E-state index in [1.165, 1.54) is 12.5 Å². The number of rotatable bonds is 2. The van der Waals surface area contributed by atoms with Crippen molar-refractivity contribution in [3.63, 3.8) is 0 Å². The minimum atomic E-state index is -0.637. The van der Waals surface area contributed by atoms with Crippen LogP contribution in [0.4, 0.5) is 4.39 Å². The standard InChI is InChI=1S/C16H19Cl2FN2O/c17-12-7-13(18)14(19)6-11(12)16(22)21-15-8-2-1-3-9(15)5-10(20)4-8/h6-10,15H,1-5,20H2,(H,21,22). The van der Waals surface area contributed by atoms with E-state index in [1.54, 1.807) is 0 Å². The minimum absolute atomic E-state index is 0.0814. The number of carbonyl (C=O) groups excluding carboxylic acids is 1. The highest BCUT2D eigenvalue weighted by Gasteiger charge is 2.40. The molecule has 3 rings (SSSR count). The summed E-state index contributed by atoms with van der Waals surface area (Å²) in [5.74, 6) is -0.162. The number of carbonyl (C=O) groups is 1. The first-order chi connectivity index (χ1) is 10.5. The van der Waals surface area contributed by atoms with Gasteiger partial charge in [-0.25, -0.2) is 4.39 Å². The Labute approximate surface area is 139 Å². The Bertz CT molecular complexity index is 582. The second kappa shape index (κ2) is 6.34. The van der Waals surface area contributed by atoms with Crippen molar-refractivity contribution in [2.24, 2.45) is 17.6 Å². The van der Waals surface area contributed by atoms with Gasteiger partial charge in [0.25, 0.3) is 5.91 Å². The van der Waals surface area contributed by atoms with Crippen LogP contribution in [0.5, 0.6) is 0 Å². The average Bonchev–Trinajstić information content (AvgIpc) is 2.43. The van der Waals surface area contributed by atoms with E-state index in [1.807, 2.05) is 0 Å². The summed E-state index contributed by atoms with van der Waals surface area (Å²) in [6.45, 7) is 0. The summed E-state index contributed by atoms with van der Waals surface area (Å²) in [7, 11) is 0. The van der Waals surface area contributed by atoms with Gasteiger partial charge in [-0.1, -0.05) is 29.6 Å². The Morgan fingerprint density at radius 1 is 1.18 bits per heavy atom. The van der Waals surface area contributed by atoms with Crippen molar-refractivity contribution in [3.05, 3.63) is 33.6 Å². The van der Waals surface area contributed by atoms with Gasteiger partial charge in [-0.15, -0.1) is 0 Å². The quantitative estimate of drug-likeness (QED) is 0.802. The van der Waals surface area contributed by atoms with E-state index in [0.717, 1.165) is 31.7 Å². The summed E-state index contributed by atoms with van der Waals surface area (Å²) < 4.78 is 13.6. The molecule has 1 amide bonds. The third-order valence-corrected chi connectivity index (χ3v) is 5.53. The highest BCUT2D eigenvalue weighted by atomic mass is 35.5. The molecule has 3 N–H and O–H groups in total. The second-order valence-electron chi connectivity index (χ2n) is 6.43. The zero-order valence-electron chi connectivity index (χ0n) is 12.1. The van der Waals surface area contributed by atoms with Crippen LogP contribution < -0.4 is 11.1 Å². The Balaban J connectivity index is 1.78. The number of fused-ring (bicyclic) bond motifs is 2. The summed E-state index contributed by atoms with van der Waals surface area (Å²) in [6, 6.07) is 2.70. The first-order valence-corrected chi connectivity index (χ1v) is 8.42. The fourth-order valence-corrected chi connectivity index (χ4v) is 4.42. The summed E-state index contributed by atoms with van der Waals surface area (Å²) in [4.78, 5) is 12.5. The van der Waals surface area contributed by atoms with Crippen molar-refractivity contribution in [2.45, 2.75) is 44.2 Å². The van der Waals surface area contributed by atoms with E-state index in [9.17, 15) is 9.18 Å². The molecule has 1 aromatic carbocycles. The molecule has 22 heavy (non-hydrogen) atoms. The SMILES string of the molecule is NC1CC2CCCC(C1)C2NC(=O)c1cc(F)c(Cl)cc1Cl. The van der Waals surface area contributed by atoms with Crippen LogP contribution in [0.1, 0.15) is 42.5 Å². The molecule has 0 aromatic heterocycles. The van der Waals surface area contributed by atoms with Crippen molar-refractivity contribution >= 4 is 29.1 Å². The van der Waals surface area contributed by atoms with Crippen LogP contribution >= 0.6 is 23.2 Å². The molecular weight excluding hydrogens is 326 g/mol. The molecule has 3 nitrogen and oxygen atoms in total. The highest BCUT2D eigenvalue weighted by Crippen LogP contribution is 2.40. The molecule has 0 spiro atoms. The van der Waals surface area contributed by atoms with Crippen LogP contribution in [-0.2, 0) is 0 Å². The van der Waals surface area contributed by atoms with Crippen LogP contribution in [0.2, 0.25) is 10.0 Å². The predicted molar refractivity (Wildman–Crippen MR) is 85.7 cm³/mol. The molecule has 2 aliphatic carbocycles. The maximum atomic E-state index is 13.6. The number of hydrogen-bond donors (Lipinski definition) is 2. The maximum Gasteiger partial charge on any atom is 0.253 e. The molecule has 120 valence electrons. The molecule has 1 aromatic rings. The van der Waals surface area contributed by atoms with Crippen LogP contribution in [0.25, 0.3) is 0 Å². The maximum absolute atomic E-state index is 13.6. The van der Waals surface area contributed by atoms with E-state index in [0.29, 0.717) is 11.8 Å². The molecule has 2 fully saturated rings. The van der Waals surface area contributed by atoms with E-state index < -0.39 is 5.82 Å². The van der Waals surface area contributed by atoms with E-state index >= 15 is 0 Å². The second-order valence-corrected chi connectivity index (χ2v) is 7.24.